The summed E-state index contributed by atoms with van der Waals surface area (Å²) in [6, 6.07) is 8.49. The van der Waals surface area contributed by atoms with Gasteiger partial charge in [0.2, 0.25) is 0 Å². The van der Waals surface area contributed by atoms with Crippen molar-refractivity contribution in [2.24, 2.45) is 0 Å². The zero-order valence-corrected chi connectivity index (χ0v) is 12.2. The van der Waals surface area contributed by atoms with E-state index in [2.05, 4.69) is 45.6 Å². The van der Waals surface area contributed by atoms with E-state index < -0.39 is 0 Å². The van der Waals surface area contributed by atoms with E-state index >= 15 is 0 Å². The van der Waals surface area contributed by atoms with Gasteiger partial charge in [-0.1, -0.05) is 12.1 Å². The number of morpholine rings is 1. The number of fused-ring (bicyclic) bond motifs is 1. The molecule has 0 bridgehead atoms. The van der Waals surface area contributed by atoms with E-state index in [-0.39, 0.29) is 0 Å². The summed E-state index contributed by atoms with van der Waals surface area (Å²) < 4.78 is 5.39. The van der Waals surface area contributed by atoms with Gasteiger partial charge in [0, 0.05) is 29.9 Å². The lowest BCUT2D eigenvalue weighted by molar-refractivity contribution is 0.122. The van der Waals surface area contributed by atoms with E-state index in [1.54, 1.807) is 4.90 Å². The van der Waals surface area contributed by atoms with Gasteiger partial charge >= 0.3 is 0 Å². The number of anilines is 1. The smallest absolute Gasteiger partial charge is 0.180 e. The molecule has 0 aliphatic carbocycles. The fourth-order valence-corrected chi connectivity index (χ4v) is 3.10. The number of rotatable bonds is 2. The monoisotopic (exact) mass is 295 g/mol. The van der Waals surface area contributed by atoms with Crippen LogP contribution in [0.2, 0.25) is 0 Å². The van der Waals surface area contributed by atoms with Crippen LogP contribution >= 0.6 is 0 Å². The van der Waals surface area contributed by atoms with Crippen molar-refractivity contribution in [3.8, 4) is 17.5 Å². The van der Waals surface area contributed by atoms with Gasteiger partial charge < -0.3 is 14.5 Å². The van der Waals surface area contributed by atoms with Crippen LogP contribution in [0.25, 0.3) is 11.3 Å². The first-order chi connectivity index (χ1) is 10.8. The predicted octanol–water partition coefficient (Wildman–Crippen LogP) is 1.71. The molecule has 1 N–H and O–H groups in total. The quantitative estimate of drug-likeness (QED) is 0.854. The molecule has 22 heavy (non-hydrogen) atoms. The number of nitrogens with one attached hydrogen (secondary N) is 1. The summed E-state index contributed by atoms with van der Waals surface area (Å²) in [5.74, 6) is 0. The average molecular weight is 295 g/mol. The van der Waals surface area contributed by atoms with Crippen molar-refractivity contribution in [2.75, 3.05) is 31.2 Å². The molecular weight excluding hydrogens is 278 g/mol. The van der Waals surface area contributed by atoms with Gasteiger partial charge in [-0.05, 0) is 12.1 Å². The Balaban J connectivity index is 1.58. The molecule has 1 saturated heterocycles. The first kappa shape index (κ1) is 13.2. The van der Waals surface area contributed by atoms with Crippen molar-refractivity contribution in [2.45, 2.75) is 13.1 Å². The Morgan fingerprint density at radius 2 is 1.91 bits per heavy atom. The second-order valence-electron chi connectivity index (χ2n) is 5.63. The molecule has 4 rings (SSSR count). The summed E-state index contributed by atoms with van der Waals surface area (Å²) in [6.45, 7) is 4.73. The third-order valence-corrected chi connectivity index (χ3v) is 4.31. The molecule has 0 atom stereocenters. The maximum Gasteiger partial charge on any atom is 0.180 e. The predicted molar refractivity (Wildman–Crippen MR) is 81.9 cm³/mol. The van der Waals surface area contributed by atoms with Gasteiger partial charge in [0.1, 0.15) is 0 Å². The maximum absolute atomic E-state index is 9.02. The molecule has 0 saturated carbocycles. The molecule has 0 radical (unpaired) electrons. The Morgan fingerprint density at radius 3 is 2.64 bits per heavy atom. The number of benzene rings is 1. The molecule has 2 aromatic rings. The molecule has 3 heterocycles. The molecular formula is C16H17N5O. The fourth-order valence-electron chi connectivity index (χ4n) is 3.10. The van der Waals surface area contributed by atoms with Crippen LogP contribution in [-0.2, 0) is 17.8 Å². The number of nitrogens with zero attached hydrogens (tertiary/aromatic N) is 4. The van der Waals surface area contributed by atoms with Gasteiger partial charge in [0.25, 0.3) is 0 Å². The van der Waals surface area contributed by atoms with Crippen molar-refractivity contribution >= 4 is 5.69 Å². The van der Waals surface area contributed by atoms with E-state index in [1.807, 2.05) is 0 Å². The number of hydrogen-bond donors (Lipinski definition) is 1. The Kier molecular flexibility index (Phi) is 3.20. The van der Waals surface area contributed by atoms with Gasteiger partial charge in [0.15, 0.2) is 6.19 Å². The van der Waals surface area contributed by atoms with Crippen LogP contribution in [0.4, 0.5) is 5.69 Å². The van der Waals surface area contributed by atoms with Crippen LogP contribution in [0, 0.1) is 11.5 Å². The first-order valence-electron chi connectivity index (χ1n) is 7.49. The van der Waals surface area contributed by atoms with Crippen LogP contribution in [0.5, 0.6) is 0 Å². The summed E-state index contributed by atoms with van der Waals surface area (Å²) in [5, 5.41) is 16.5. The lowest BCUT2D eigenvalue weighted by Crippen LogP contribution is -2.36. The van der Waals surface area contributed by atoms with Crippen LogP contribution in [0.15, 0.2) is 24.3 Å². The molecule has 6 nitrogen and oxygen atoms in total. The van der Waals surface area contributed by atoms with Crippen molar-refractivity contribution < 1.29 is 4.74 Å². The van der Waals surface area contributed by atoms with Crippen molar-refractivity contribution in [1.82, 2.24) is 15.1 Å². The first-order valence-corrected chi connectivity index (χ1v) is 7.49. The third-order valence-electron chi connectivity index (χ3n) is 4.31. The number of ether oxygens (including phenoxy) is 1. The van der Waals surface area contributed by atoms with Crippen LogP contribution in [0.3, 0.4) is 0 Å². The van der Waals surface area contributed by atoms with E-state index in [0.29, 0.717) is 13.1 Å². The Bertz CT molecular complexity index is 709. The Morgan fingerprint density at radius 1 is 1.14 bits per heavy atom. The highest BCUT2D eigenvalue weighted by atomic mass is 16.5. The Hall–Kier alpha value is -2.52. The molecule has 2 aliphatic rings. The number of aromatic nitrogens is 2. The molecule has 112 valence electrons. The molecule has 0 amide bonds. The highest BCUT2D eigenvalue weighted by Crippen LogP contribution is 2.31. The zero-order valence-electron chi connectivity index (χ0n) is 12.2. The van der Waals surface area contributed by atoms with Gasteiger partial charge in [-0.2, -0.15) is 10.4 Å². The summed E-state index contributed by atoms with van der Waals surface area (Å²) in [7, 11) is 0. The summed E-state index contributed by atoms with van der Waals surface area (Å²) >= 11 is 0. The molecule has 6 heteroatoms. The summed E-state index contributed by atoms with van der Waals surface area (Å²) in [5.41, 5.74) is 5.46. The van der Waals surface area contributed by atoms with Crippen LogP contribution < -0.4 is 4.90 Å². The van der Waals surface area contributed by atoms with Gasteiger partial charge in [-0.15, -0.1) is 0 Å². The lowest BCUT2D eigenvalue weighted by atomic mass is 10.1. The van der Waals surface area contributed by atoms with Crippen molar-refractivity contribution in [3.63, 3.8) is 0 Å². The minimum atomic E-state index is 0.630. The van der Waals surface area contributed by atoms with Crippen LogP contribution in [0.1, 0.15) is 11.3 Å². The maximum atomic E-state index is 9.02. The lowest BCUT2D eigenvalue weighted by Gasteiger charge is -2.28. The second kappa shape index (κ2) is 5.35. The number of H-pyrrole nitrogens is 1. The van der Waals surface area contributed by atoms with Crippen LogP contribution in [-0.4, -0.2) is 41.4 Å². The zero-order chi connectivity index (χ0) is 14.9. The topological polar surface area (TPSA) is 68.2 Å². The normalized spacial score (nSPS) is 17.4. The van der Waals surface area contributed by atoms with E-state index in [9.17, 15) is 0 Å². The third kappa shape index (κ3) is 2.20. The second-order valence-corrected chi connectivity index (χ2v) is 5.63. The molecule has 1 fully saturated rings. The minimum Gasteiger partial charge on any atom is -0.378 e. The average Bonchev–Trinajstić information content (AvgIpc) is 3.16. The van der Waals surface area contributed by atoms with Crippen molar-refractivity contribution in [3.05, 3.63) is 35.5 Å². The Labute approximate surface area is 128 Å². The SMILES string of the molecule is N#CN1Cc2[nH]nc(-c3ccc(N4CCOCC4)cc3)c2C1. The molecule has 2 aliphatic heterocycles. The fraction of sp³-hybridized carbons (Fsp3) is 0.375. The number of nitriles is 1. The van der Waals surface area contributed by atoms with E-state index in [1.165, 1.54) is 5.69 Å². The van der Waals surface area contributed by atoms with Gasteiger partial charge in [-0.25, -0.2) is 0 Å². The highest BCUT2D eigenvalue weighted by molar-refractivity contribution is 5.67. The minimum absolute atomic E-state index is 0.630. The van der Waals surface area contributed by atoms with Gasteiger partial charge in [0.05, 0.1) is 37.7 Å². The van der Waals surface area contributed by atoms with E-state index in [0.717, 1.165) is 48.8 Å². The molecule has 0 spiro atoms. The molecule has 0 unspecified atom stereocenters. The molecule has 1 aromatic heterocycles. The highest BCUT2D eigenvalue weighted by Gasteiger charge is 2.24. The summed E-state index contributed by atoms with van der Waals surface area (Å²) in [4.78, 5) is 4.06. The summed E-state index contributed by atoms with van der Waals surface area (Å²) in [6.07, 6.45) is 2.19. The standard InChI is InChI=1S/C16H17N5O/c17-11-20-9-14-15(10-20)18-19-16(14)12-1-3-13(4-2-12)21-5-7-22-8-6-21/h1-4H,5-10H2,(H,18,19). The largest absolute Gasteiger partial charge is 0.378 e. The number of aromatic amines is 1. The number of hydrogen-bond acceptors (Lipinski definition) is 5. The van der Waals surface area contributed by atoms with E-state index in [4.69, 9.17) is 10.00 Å². The van der Waals surface area contributed by atoms with Crippen molar-refractivity contribution in [1.29, 1.82) is 5.26 Å². The van der Waals surface area contributed by atoms with Gasteiger partial charge in [-0.3, -0.25) is 5.10 Å². The molecule has 1 aromatic carbocycles.